The van der Waals surface area contributed by atoms with Crippen LogP contribution in [0.1, 0.15) is 47.2 Å². The summed E-state index contributed by atoms with van der Waals surface area (Å²) in [6.07, 6.45) is 5.04. The summed E-state index contributed by atoms with van der Waals surface area (Å²) < 4.78 is 25.7. The number of sulfonamides is 1. The molecule has 2 aromatic rings. The van der Waals surface area contributed by atoms with Crippen molar-refractivity contribution in [2.45, 2.75) is 32.2 Å². The van der Waals surface area contributed by atoms with Crippen LogP contribution in [0.5, 0.6) is 0 Å². The van der Waals surface area contributed by atoms with E-state index in [9.17, 15) is 13.2 Å². The summed E-state index contributed by atoms with van der Waals surface area (Å²) in [4.78, 5) is 18.8. The highest BCUT2D eigenvalue weighted by molar-refractivity contribution is 7.89. The van der Waals surface area contributed by atoms with Crippen LogP contribution in [0.2, 0.25) is 5.02 Å². The lowest BCUT2D eigenvalue weighted by Crippen LogP contribution is -2.38. The third-order valence-electron chi connectivity index (χ3n) is 5.61. The number of rotatable bonds is 4. The zero-order chi connectivity index (χ0) is 19.9. The Morgan fingerprint density at radius 1 is 1.18 bits per heavy atom. The van der Waals surface area contributed by atoms with Gasteiger partial charge in [-0.05, 0) is 61.1 Å². The number of piperidine rings is 1. The molecular formula is C20H22ClN3O3S. The normalized spacial score (nSPS) is 18.5. The third-order valence-corrected chi connectivity index (χ3v) is 7.73. The lowest BCUT2D eigenvalue weighted by atomic mass is 9.91. The Hall–Kier alpha value is -1.96. The van der Waals surface area contributed by atoms with Gasteiger partial charge in [0, 0.05) is 29.9 Å². The van der Waals surface area contributed by atoms with Crippen LogP contribution in [-0.4, -0.2) is 42.5 Å². The van der Waals surface area contributed by atoms with E-state index in [1.807, 2.05) is 18.3 Å². The first kappa shape index (κ1) is 19.4. The van der Waals surface area contributed by atoms with E-state index in [4.69, 9.17) is 11.6 Å². The second-order valence-electron chi connectivity index (χ2n) is 7.24. The highest BCUT2D eigenvalue weighted by Crippen LogP contribution is 2.34. The van der Waals surface area contributed by atoms with Crippen molar-refractivity contribution in [3.63, 3.8) is 0 Å². The maximum absolute atomic E-state index is 12.8. The van der Waals surface area contributed by atoms with Gasteiger partial charge < -0.3 is 4.90 Å². The average Bonchev–Trinajstić information content (AvgIpc) is 3.04. The Bertz CT molecular complexity index is 1020. The third kappa shape index (κ3) is 3.54. The molecule has 28 heavy (non-hydrogen) atoms. The Morgan fingerprint density at radius 3 is 2.64 bits per heavy atom. The number of carbonyl (C=O) groups is 1. The number of hydrogen-bond donors (Lipinski definition) is 0. The van der Waals surface area contributed by atoms with Crippen molar-refractivity contribution in [1.82, 2.24) is 9.29 Å². The highest BCUT2D eigenvalue weighted by atomic mass is 35.5. The molecule has 8 heteroatoms. The number of fused-ring (bicyclic) bond motifs is 1. The van der Waals surface area contributed by atoms with Crippen LogP contribution in [0, 0.1) is 0 Å². The molecule has 0 radical (unpaired) electrons. The smallest absolute Gasteiger partial charge is 0.258 e. The Balaban J connectivity index is 1.51. The Labute approximate surface area is 170 Å². The van der Waals surface area contributed by atoms with Gasteiger partial charge >= 0.3 is 0 Å². The van der Waals surface area contributed by atoms with E-state index in [0.717, 1.165) is 29.7 Å². The minimum atomic E-state index is -3.14. The van der Waals surface area contributed by atoms with Gasteiger partial charge in [-0.15, -0.1) is 0 Å². The molecule has 0 unspecified atom stereocenters. The molecule has 3 heterocycles. The molecule has 0 atom stereocenters. The van der Waals surface area contributed by atoms with E-state index in [1.54, 1.807) is 34.5 Å². The molecule has 0 spiro atoms. The minimum Gasteiger partial charge on any atom is -0.302 e. The summed E-state index contributed by atoms with van der Waals surface area (Å²) in [5, 5.41) is 0.620. The number of amides is 1. The van der Waals surface area contributed by atoms with Gasteiger partial charge in [0.1, 0.15) is 0 Å². The van der Waals surface area contributed by atoms with Crippen LogP contribution >= 0.6 is 11.6 Å². The molecule has 0 aliphatic carbocycles. The summed E-state index contributed by atoms with van der Waals surface area (Å²) in [5.74, 6) is 0.329. The molecule has 1 aromatic carbocycles. The predicted molar refractivity (Wildman–Crippen MR) is 109 cm³/mol. The van der Waals surface area contributed by atoms with Gasteiger partial charge in [0.2, 0.25) is 10.0 Å². The zero-order valence-corrected chi connectivity index (χ0v) is 17.2. The van der Waals surface area contributed by atoms with Crippen molar-refractivity contribution in [3.8, 4) is 0 Å². The number of pyridine rings is 1. The maximum atomic E-state index is 12.8. The molecule has 2 aliphatic heterocycles. The summed E-state index contributed by atoms with van der Waals surface area (Å²) in [6.45, 7) is 3.20. The molecule has 6 nitrogen and oxygen atoms in total. The van der Waals surface area contributed by atoms with Gasteiger partial charge in [0.15, 0.2) is 0 Å². The molecule has 0 bridgehead atoms. The van der Waals surface area contributed by atoms with Crippen LogP contribution in [0.15, 0.2) is 36.7 Å². The fourth-order valence-electron chi connectivity index (χ4n) is 3.96. The van der Waals surface area contributed by atoms with Crippen molar-refractivity contribution < 1.29 is 13.2 Å². The van der Waals surface area contributed by atoms with Gasteiger partial charge in [0.05, 0.1) is 24.2 Å². The number of halogens is 1. The average molecular weight is 420 g/mol. The van der Waals surface area contributed by atoms with Crippen molar-refractivity contribution in [3.05, 3.63) is 58.4 Å². The summed E-state index contributed by atoms with van der Waals surface area (Å²) in [5.41, 5.74) is 3.40. The zero-order valence-electron chi connectivity index (χ0n) is 15.6. The molecule has 1 saturated heterocycles. The van der Waals surface area contributed by atoms with E-state index in [-0.39, 0.29) is 17.6 Å². The quantitative estimate of drug-likeness (QED) is 0.761. The van der Waals surface area contributed by atoms with E-state index in [0.29, 0.717) is 30.2 Å². The minimum absolute atomic E-state index is 0.0468. The first-order chi connectivity index (χ1) is 13.4. The molecule has 0 saturated carbocycles. The number of benzene rings is 1. The molecule has 4 rings (SSSR count). The monoisotopic (exact) mass is 419 g/mol. The van der Waals surface area contributed by atoms with Gasteiger partial charge in [0.25, 0.3) is 5.91 Å². The van der Waals surface area contributed by atoms with Crippen LogP contribution in [0.4, 0.5) is 5.69 Å². The van der Waals surface area contributed by atoms with Gasteiger partial charge in [-0.2, -0.15) is 0 Å². The Morgan fingerprint density at radius 2 is 1.93 bits per heavy atom. The number of hydrogen-bond acceptors (Lipinski definition) is 4. The van der Waals surface area contributed by atoms with Crippen molar-refractivity contribution >= 4 is 33.2 Å². The fourth-order valence-corrected chi connectivity index (χ4v) is 5.29. The van der Waals surface area contributed by atoms with Crippen LogP contribution in [0.3, 0.4) is 0 Å². The van der Waals surface area contributed by atoms with Gasteiger partial charge in [-0.25, -0.2) is 12.7 Å². The van der Waals surface area contributed by atoms with Gasteiger partial charge in [-0.3, -0.25) is 9.78 Å². The maximum Gasteiger partial charge on any atom is 0.258 e. The number of aromatic nitrogens is 1. The molecule has 1 amide bonds. The first-order valence-corrected chi connectivity index (χ1v) is 11.4. The fraction of sp³-hybridized carbons (Fsp3) is 0.400. The van der Waals surface area contributed by atoms with E-state index < -0.39 is 10.0 Å². The number of nitrogens with zero attached hydrogens (tertiary/aromatic N) is 3. The van der Waals surface area contributed by atoms with E-state index in [1.165, 1.54) is 0 Å². The summed E-state index contributed by atoms with van der Waals surface area (Å²) in [7, 11) is -3.14. The molecule has 2 aliphatic rings. The predicted octanol–water partition coefficient (Wildman–Crippen LogP) is 3.42. The molecule has 1 aromatic heterocycles. The highest BCUT2D eigenvalue weighted by Gasteiger charge is 2.31. The second kappa shape index (κ2) is 7.46. The standard InChI is InChI=1S/C20H22ClN3O3S/c1-2-28(26,27)23-7-5-14(6-8-23)15-10-18(12-22-11-15)24-13-16-9-17(21)3-4-19(16)20(24)25/h3-4,9-12,14H,2,5-8,13H2,1H3. The van der Waals surface area contributed by atoms with Crippen molar-refractivity contribution in [2.24, 2.45) is 0 Å². The molecule has 148 valence electrons. The van der Waals surface area contributed by atoms with E-state index >= 15 is 0 Å². The van der Waals surface area contributed by atoms with Crippen LogP contribution < -0.4 is 4.90 Å². The lowest BCUT2D eigenvalue weighted by Gasteiger charge is -2.31. The largest absolute Gasteiger partial charge is 0.302 e. The number of anilines is 1. The lowest BCUT2D eigenvalue weighted by molar-refractivity contribution is 0.0996. The molecular weight excluding hydrogens is 398 g/mol. The van der Waals surface area contributed by atoms with E-state index in [2.05, 4.69) is 4.98 Å². The molecule has 1 fully saturated rings. The first-order valence-electron chi connectivity index (χ1n) is 9.42. The summed E-state index contributed by atoms with van der Waals surface area (Å²) in [6, 6.07) is 7.33. The van der Waals surface area contributed by atoms with Crippen LogP contribution in [0.25, 0.3) is 0 Å². The van der Waals surface area contributed by atoms with Crippen LogP contribution in [-0.2, 0) is 16.6 Å². The second-order valence-corrected chi connectivity index (χ2v) is 9.94. The van der Waals surface area contributed by atoms with Gasteiger partial charge in [-0.1, -0.05) is 11.6 Å². The Kier molecular flexibility index (Phi) is 5.16. The summed E-state index contributed by atoms with van der Waals surface area (Å²) >= 11 is 6.06. The SMILES string of the molecule is CCS(=O)(=O)N1CCC(c2cncc(N3Cc4cc(Cl)ccc4C3=O)c2)CC1. The van der Waals surface area contributed by atoms with Crippen molar-refractivity contribution in [2.75, 3.05) is 23.7 Å². The van der Waals surface area contributed by atoms with Crippen molar-refractivity contribution in [1.29, 1.82) is 0 Å². The number of carbonyl (C=O) groups excluding carboxylic acids is 1. The topological polar surface area (TPSA) is 70.6 Å². The molecule has 0 N–H and O–H groups in total.